The van der Waals surface area contributed by atoms with E-state index in [2.05, 4.69) is 11.1 Å². The number of aryl methyl sites for hydroxylation is 1. The van der Waals surface area contributed by atoms with E-state index in [4.69, 9.17) is 16.9 Å². The van der Waals surface area contributed by atoms with Crippen molar-refractivity contribution in [1.82, 2.24) is 18.7 Å². The van der Waals surface area contributed by atoms with Gasteiger partial charge in [-0.25, -0.2) is 4.79 Å². The molecule has 0 N–H and O–H groups in total. The summed E-state index contributed by atoms with van der Waals surface area (Å²) in [6.07, 6.45) is 0. The molecule has 0 spiro atoms. The highest BCUT2D eigenvalue weighted by atomic mass is 35.5. The third-order valence-electron chi connectivity index (χ3n) is 3.70. The number of nitrogens with zero attached hydrogens (tertiary/aromatic N) is 5. The van der Waals surface area contributed by atoms with Crippen molar-refractivity contribution in [2.24, 2.45) is 14.1 Å². The number of rotatable bonds is 2. The van der Waals surface area contributed by atoms with Crippen LogP contribution in [0.25, 0.3) is 11.2 Å². The summed E-state index contributed by atoms with van der Waals surface area (Å²) in [7, 11) is 2.94. The SMILES string of the molecule is Cn1c(=O)c2c(nc(Cl)n2Cc2cccc(C#N)c2)n(C)c1=O. The topological polar surface area (TPSA) is 85.6 Å². The fourth-order valence-electron chi connectivity index (χ4n) is 2.49. The van der Waals surface area contributed by atoms with E-state index in [0.717, 1.165) is 10.1 Å². The summed E-state index contributed by atoms with van der Waals surface area (Å²) in [6, 6.07) is 9.07. The fourth-order valence-corrected chi connectivity index (χ4v) is 2.71. The second-order valence-corrected chi connectivity index (χ2v) is 5.50. The highest BCUT2D eigenvalue weighted by molar-refractivity contribution is 6.29. The number of fused-ring (bicyclic) bond motifs is 1. The molecule has 3 rings (SSSR count). The highest BCUT2D eigenvalue weighted by Crippen LogP contribution is 2.18. The van der Waals surface area contributed by atoms with E-state index in [0.29, 0.717) is 5.56 Å². The van der Waals surface area contributed by atoms with E-state index in [1.807, 2.05) is 6.07 Å². The zero-order valence-electron chi connectivity index (χ0n) is 12.4. The van der Waals surface area contributed by atoms with Gasteiger partial charge in [-0.05, 0) is 29.3 Å². The predicted molar refractivity (Wildman–Crippen MR) is 85.5 cm³/mol. The standard InChI is InChI=1S/C15H12ClN5O2/c1-19-12-11(13(22)20(2)15(19)23)21(14(16)18-12)8-10-5-3-4-9(6-10)7-17/h3-6H,8H2,1-2H3. The van der Waals surface area contributed by atoms with Crippen molar-refractivity contribution in [2.75, 3.05) is 0 Å². The van der Waals surface area contributed by atoms with Crippen molar-refractivity contribution in [2.45, 2.75) is 6.54 Å². The molecule has 0 aliphatic rings. The lowest BCUT2D eigenvalue weighted by Crippen LogP contribution is -2.37. The monoisotopic (exact) mass is 329 g/mol. The third-order valence-corrected chi connectivity index (χ3v) is 3.99. The average Bonchev–Trinajstić information content (AvgIpc) is 2.88. The van der Waals surface area contributed by atoms with Crippen molar-refractivity contribution < 1.29 is 0 Å². The molecular formula is C15H12ClN5O2. The molecule has 0 saturated carbocycles. The normalized spacial score (nSPS) is 10.9. The van der Waals surface area contributed by atoms with E-state index in [9.17, 15) is 9.59 Å². The molecule has 0 fully saturated rings. The van der Waals surface area contributed by atoms with Gasteiger partial charge < -0.3 is 4.57 Å². The largest absolute Gasteiger partial charge is 0.332 e. The predicted octanol–water partition coefficient (Wildman–Crippen LogP) is 1.01. The Hall–Kier alpha value is -2.85. The van der Waals surface area contributed by atoms with Crippen molar-refractivity contribution in [3.63, 3.8) is 0 Å². The molecule has 1 aromatic carbocycles. The minimum Gasteiger partial charge on any atom is -0.304 e. The van der Waals surface area contributed by atoms with Gasteiger partial charge in [0.05, 0.1) is 18.2 Å². The van der Waals surface area contributed by atoms with Crippen LogP contribution in [-0.2, 0) is 20.6 Å². The number of hydrogen-bond acceptors (Lipinski definition) is 4. The van der Waals surface area contributed by atoms with Crippen LogP contribution in [-0.4, -0.2) is 18.7 Å². The van der Waals surface area contributed by atoms with Crippen molar-refractivity contribution in [3.8, 4) is 6.07 Å². The molecule has 23 heavy (non-hydrogen) atoms. The number of hydrogen-bond donors (Lipinski definition) is 0. The Labute approximate surface area is 135 Å². The van der Waals surface area contributed by atoms with Gasteiger partial charge in [-0.2, -0.15) is 10.2 Å². The van der Waals surface area contributed by atoms with Crippen LogP contribution in [0.4, 0.5) is 0 Å². The molecule has 8 heteroatoms. The molecular weight excluding hydrogens is 318 g/mol. The first-order chi connectivity index (χ1) is 10.9. The van der Waals surface area contributed by atoms with Gasteiger partial charge in [0.1, 0.15) is 0 Å². The van der Waals surface area contributed by atoms with Crippen LogP contribution in [0.5, 0.6) is 0 Å². The minimum absolute atomic E-state index is 0.112. The van der Waals surface area contributed by atoms with Crippen LogP contribution in [0.3, 0.4) is 0 Å². The number of imidazole rings is 1. The van der Waals surface area contributed by atoms with Gasteiger partial charge >= 0.3 is 5.69 Å². The van der Waals surface area contributed by atoms with Gasteiger partial charge in [-0.1, -0.05) is 12.1 Å². The van der Waals surface area contributed by atoms with Gasteiger partial charge in [0.25, 0.3) is 5.56 Å². The molecule has 0 aliphatic heterocycles. The van der Waals surface area contributed by atoms with Gasteiger partial charge in [-0.15, -0.1) is 0 Å². The molecule has 2 heterocycles. The molecule has 2 aromatic heterocycles. The summed E-state index contributed by atoms with van der Waals surface area (Å²) in [6.45, 7) is 0.276. The Morgan fingerprint density at radius 1 is 1.26 bits per heavy atom. The molecule has 116 valence electrons. The van der Waals surface area contributed by atoms with E-state index >= 15 is 0 Å². The maximum absolute atomic E-state index is 12.4. The maximum atomic E-state index is 12.4. The maximum Gasteiger partial charge on any atom is 0.332 e. The molecule has 0 radical (unpaired) electrons. The molecule has 0 unspecified atom stereocenters. The molecule has 0 amide bonds. The van der Waals surface area contributed by atoms with Crippen molar-refractivity contribution >= 4 is 22.8 Å². The number of nitriles is 1. The fraction of sp³-hybridized carbons (Fsp3) is 0.200. The lowest BCUT2D eigenvalue weighted by atomic mass is 10.1. The van der Waals surface area contributed by atoms with Gasteiger partial charge in [-0.3, -0.25) is 13.9 Å². The van der Waals surface area contributed by atoms with E-state index < -0.39 is 11.2 Å². The zero-order chi connectivity index (χ0) is 16.7. The Morgan fingerprint density at radius 2 is 2.00 bits per heavy atom. The van der Waals surface area contributed by atoms with Gasteiger partial charge in [0.15, 0.2) is 11.2 Å². The quantitative estimate of drug-likeness (QED) is 0.657. The van der Waals surface area contributed by atoms with Crippen molar-refractivity contribution in [1.29, 1.82) is 5.26 Å². The third kappa shape index (κ3) is 2.33. The van der Waals surface area contributed by atoms with E-state index in [1.54, 1.807) is 18.2 Å². The summed E-state index contributed by atoms with van der Waals surface area (Å²) in [5.74, 6) is 0. The second kappa shape index (κ2) is 5.41. The lowest BCUT2D eigenvalue weighted by Gasteiger charge is -2.07. The zero-order valence-corrected chi connectivity index (χ0v) is 13.2. The molecule has 0 atom stereocenters. The van der Waals surface area contributed by atoms with Crippen LogP contribution >= 0.6 is 11.6 Å². The first kappa shape index (κ1) is 15.1. The summed E-state index contributed by atoms with van der Waals surface area (Å²) < 4.78 is 3.84. The van der Waals surface area contributed by atoms with Crippen molar-refractivity contribution in [3.05, 3.63) is 61.5 Å². The lowest BCUT2D eigenvalue weighted by molar-refractivity contribution is 0.702. The van der Waals surface area contributed by atoms with Crippen LogP contribution < -0.4 is 11.2 Å². The van der Waals surface area contributed by atoms with Crippen LogP contribution in [0.15, 0.2) is 33.9 Å². The number of halogens is 1. The summed E-state index contributed by atoms with van der Waals surface area (Å²) in [5.41, 5.74) is 0.889. The number of aromatic nitrogens is 4. The summed E-state index contributed by atoms with van der Waals surface area (Å²) in [5, 5.41) is 9.09. The minimum atomic E-state index is -0.463. The van der Waals surface area contributed by atoms with Gasteiger partial charge in [0.2, 0.25) is 5.28 Å². The van der Waals surface area contributed by atoms with Crippen LogP contribution in [0, 0.1) is 11.3 Å². The highest BCUT2D eigenvalue weighted by Gasteiger charge is 2.18. The van der Waals surface area contributed by atoms with E-state index in [1.165, 1.54) is 23.2 Å². The molecule has 3 aromatic rings. The Bertz CT molecular complexity index is 1080. The molecule has 0 saturated heterocycles. The Balaban J connectivity index is 2.26. The number of benzene rings is 1. The second-order valence-electron chi connectivity index (χ2n) is 5.16. The average molecular weight is 330 g/mol. The molecule has 0 aliphatic carbocycles. The van der Waals surface area contributed by atoms with Gasteiger partial charge in [0, 0.05) is 14.1 Å². The summed E-state index contributed by atoms with van der Waals surface area (Å²) >= 11 is 6.16. The first-order valence-corrected chi connectivity index (χ1v) is 7.12. The summed E-state index contributed by atoms with van der Waals surface area (Å²) in [4.78, 5) is 28.5. The Kier molecular flexibility index (Phi) is 3.54. The molecule has 0 bridgehead atoms. The smallest absolute Gasteiger partial charge is 0.304 e. The first-order valence-electron chi connectivity index (χ1n) is 6.75. The molecule has 7 nitrogen and oxygen atoms in total. The van der Waals surface area contributed by atoms with Crippen LogP contribution in [0.2, 0.25) is 5.28 Å². The Morgan fingerprint density at radius 3 is 2.70 bits per heavy atom. The van der Waals surface area contributed by atoms with E-state index in [-0.39, 0.29) is 23.0 Å². The van der Waals surface area contributed by atoms with Crippen LogP contribution in [0.1, 0.15) is 11.1 Å².